The van der Waals surface area contributed by atoms with Crippen LogP contribution in [0.5, 0.6) is 0 Å². The highest BCUT2D eigenvalue weighted by Gasteiger charge is 2.23. The van der Waals surface area contributed by atoms with E-state index in [1.54, 1.807) is 4.68 Å². The van der Waals surface area contributed by atoms with Crippen molar-refractivity contribution >= 4 is 5.69 Å². The number of anilines is 1. The van der Waals surface area contributed by atoms with Crippen molar-refractivity contribution in [2.24, 2.45) is 0 Å². The smallest absolute Gasteiger partial charge is 0.289 e. The van der Waals surface area contributed by atoms with E-state index in [1.807, 2.05) is 0 Å². The van der Waals surface area contributed by atoms with Crippen molar-refractivity contribution in [1.82, 2.24) is 9.78 Å². The molecule has 1 fully saturated rings. The first-order valence-electron chi connectivity index (χ1n) is 6.32. The molecule has 1 saturated carbocycles. The van der Waals surface area contributed by atoms with Crippen molar-refractivity contribution in [2.75, 3.05) is 5.73 Å². The number of nitrogens with two attached hydrogens (primary N) is 1. The molecule has 16 heavy (non-hydrogen) atoms. The topological polar surface area (TPSA) is 63.8 Å². The molecule has 4 heteroatoms. The van der Waals surface area contributed by atoms with Crippen LogP contribution in [0.1, 0.15) is 57.1 Å². The summed E-state index contributed by atoms with van der Waals surface area (Å²) in [7, 11) is 0. The van der Waals surface area contributed by atoms with Gasteiger partial charge in [0.05, 0.1) is 5.69 Å². The molecule has 0 aliphatic heterocycles. The van der Waals surface area contributed by atoms with E-state index in [2.05, 4.69) is 12.0 Å². The maximum Gasteiger partial charge on any atom is 0.289 e. The normalized spacial score (nSPS) is 17.1. The van der Waals surface area contributed by atoms with Gasteiger partial charge in [0.25, 0.3) is 5.56 Å². The van der Waals surface area contributed by atoms with E-state index >= 15 is 0 Å². The zero-order valence-electron chi connectivity index (χ0n) is 9.96. The van der Waals surface area contributed by atoms with Crippen molar-refractivity contribution < 1.29 is 0 Å². The molecular formula is C12H21N3O. The van der Waals surface area contributed by atoms with Crippen molar-refractivity contribution in [3.05, 3.63) is 16.0 Å². The van der Waals surface area contributed by atoms with Gasteiger partial charge in [-0.05, 0) is 19.3 Å². The summed E-state index contributed by atoms with van der Waals surface area (Å²) in [6.45, 7) is 2.88. The van der Waals surface area contributed by atoms with Crippen LogP contribution in [0.15, 0.2) is 4.79 Å². The van der Waals surface area contributed by atoms with E-state index in [1.165, 1.54) is 12.8 Å². The summed E-state index contributed by atoms with van der Waals surface area (Å²) in [4.78, 5) is 11.9. The number of rotatable bonds is 4. The van der Waals surface area contributed by atoms with Gasteiger partial charge in [-0.15, -0.1) is 0 Å². The van der Waals surface area contributed by atoms with Gasteiger partial charge in [0.2, 0.25) is 0 Å². The first-order chi connectivity index (χ1) is 7.74. The molecule has 1 aromatic rings. The number of aromatic nitrogens is 2. The highest BCUT2D eigenvalue weighted by Crippen LogP contribution is 2.34. The van der Waals surface area contributed by atoms with Gasteiger partial charge in [-0.1, -0.05) is 26.2 Å². The summed E-state index contributed by atoms with van der Waals surface area (Å²) in [6, 6.07) is 0. The summed E-state index contributed by atoms with van der Waals surface area (Å²) >= 11 is 0. The largest absolute Gasteiger partial charge is 0.393 e. The number of aromatic amines is 1. The quantitative estimate of drug-likeness (QED) is 0.822. The number of aryl methyl sites for hydroxylation is 1. The summed E-state index contributed by atoms with van der Waals surface area (Å²) < 4.78 is 1.67. The van der Waals surface area contributed by atoms with Crippen LogP contribution in [0.25, 0.3) is 0 Å². The molecule has 4 nitrogen and oxygen atoms in total. The first-order valence-corrected chi connectivity index (χ1v) is 6.32. The lowest BCUT2D eigenvalue weighted by atomic mass is 10.0. The molecule has 1 aromatic heterocycles. The highest BCUT2D eigenvalue weighted by molar-refractivity contribution is 5.43. The van der Waals surface area contributed by atoms with E-state index < -0.39 is 0 Å². The lowest BCUT2D eigenvalue weighted by Crippen LogP contribution is -2.18. The third-order valence-corrected chi connectivity index (χ3v) is 3.52. The first kappa shape index (κ1) is 11.3. The molecule has 0 atom stereocenters. The van der Waals surface area contributed by atoms with Crippen LogP contribution in [0.3, 0.4) is 0 Å². The van der Waals surface area contributed by atoms with Crippen LogP contribution in [0, 0.1) is 0 Å². The number of hydrogen-bond acceptors (Lipinski definition) is 2. The molecule has 0 saturated heterocycles. The minimum absolute atomic E-state index is 0.0321. The molecule has 0 amide bonds. The fraction of sp³-hybridized carbons (Fsp3) is 0.750. The van der Waals surface area contributed by atoms with Crippen molar-refractivity contribution in [3.8, 4) is 0 Å². The molecule has 0 unspecified atom stereocenters. The molecule has 2 rings (SSSR count). The van der Waals surface area contributed by atoms with Crippen LogP contribution >= 0.6 is 0 Å². The summed E-state index contributed by atoms with van der Waals surface area (Å²) in [5.74, 6) is 0.482. The van der Waals surface area contributed by atoms with Crippen LogP contribution in [0.4, 0.5) is 5.69 Å². The van der Waals surface area contributed by atoms with Gasteiger partial charge in [-0.3, -0.25) is 14.6 Å². The second-order valence-electron chi connectivity index (χ2n) is 4.73. The van der Waals surface area contributed by atoms with E-state index in [4.69, 9.17) is 5.73 Å². The van der Waals surface area contributed by atoms with E-state index in [9.17, 15) is 4.79 Å². The lowest BCUT2D eigenvalue weighted by molar-refractivity contribution is 0.542. The number of nitrogens with one attached hydrogen (secondary N) is 1. The summed E-state index contributed by atoms with van der Waals surface area (Å²) in [6.07, 6.45) is 6.95. The SMILES string of the molecule is CCCCn1[nH]c(C2CCCC2)c(N)c1=O. The Morgan fingerprint density at radius 1 is 1.44 bits per heavy atom. The van der Waals surface area contributed by atoms with Gasteiger partial charge < -0.3 is 5.73 Å². The second kappa shape index (κ2) is 4.76. The van der Waals surface area contributed by atoms with Crippen LogP contribution in [0.2, 0.25) is 0 Å². The average molecular weight is 223 g/mol. The van der Waals surface area contributed by atoms with Gasteiger partial charge in [0, 0.05) is 12.5 Å². The third kappa shape index (κ3) is 2.01. The molecule has 1 aliphatic carbocycles. The Morgan fingerprint density at radius 3 is 2.75 bits per heavy atom. The number of H-pyrrole nitrogens is 1. The minimum Gasteiger partial charge on any atom is -0.393 e. The summed E-state index contributed by atoms with van der Waals surface area (Å²) in [5, 5.41) is 3.21. The number of unbranched alkanes of at least 4 members (excludes halogenated alkanes) is 1. The zero-order chi connectivity index (χ0) is 11.5. The monoisotopic (exact) mass is 223 g/mol. The van der Waals surface area contributed by atoms with Crippen molar-refractivity contribution in [3.63, 3.8) is 0 Å². The average Bonchev–Trinajstić information content (AvgIpc) is 2.88. The number of nitrogen functional groups attached to an aromatic ring is 1. The van der Waals surface area contributed by atoms with Crippen LogP contribution in [-0.2, 0) is 6.54 Å². The van der Waals surface area contributed by atoms with E-state index in [0.717, 1.165) is 37.9 Å². The minimum atomic E-state index is -0.0321. The predicted molar refractivity (Wildman–Crippen MR) is 65.6 cm³/mol. The van der Waals surface area contributed by atoms with Gasteiger partial charge in [0.1, 0.15) is 5.69 Å². The number of nitrogens with zero attached hydrogens (tertiary/aromatic N) is 1. The Morgan fingerprint density at radius 2 is 2.12 bits per heavy atom. The van der Waals surface area contributed by atoms with Crippen molar-refractivity contribution in [2.45, 2.75) is 57.9 Å². The Labute approximate surface area is 95.8 Å². The molecule has 0 spiro atoms. The Bertz CT molecular complexity index is 399. The maximum atomic E-state index is 11.9. The fourth-order valence-corrected chi connectivity index (χ4v) is 2.52. The fourth-order valence-electron chi connectivity index (χ4n) is 2.52. The molecule has 0 radical (unpaired) electrons. The van der Waals surface area contributed by atoms with Crippen molar-refractivity contribution in [1.29, 1.82) is 0 Å². The molecule has 90 valence electrons. The third-order valence-electron chi connectivity index (χ3n) is 3.52. The predicted octanol–water partition coefficient (Wildman–Crippen LogP) is 2.22. The molecule has 3 N–H and O–H groups in total. The van der Waals surface area contributed by atoms with Gasteiger partial charge in [-0.25, -0.2) is 0 Å². The van der Waals surface area contributed by atoms with Gasteiger partial charge in [-0.2, -0.15) is 0 Å². The Balaban J connectivity index is 2.22. The second-order valence-corrected chi connectivity index (χ2v) is 4.73. The Kier molecular flexibility index (Phi) is 3.36. The molecule has 0 bridgehead atoms. The summed E-state index contributed by atoms with van der Waals surface area (Å²) in [5.41, 5.74) is 7.29. The lowest BCUT2D eigenvalue weighted by Gasteiger charge is -2.06. The molecule has 1 heterocycles. The standard InChI is InChI=1S/C12H21N3O/c1-2-3-8-15-12(16)10(13)11(14-15)9-6-4-5-7-9/h9,14H,2-8,13H2,1H3. The highest BCUT2D eigenvalue weighted by atomic mass is 16.1. The van der Waals surface area contributed by atoms with Gasteiger partial charge in [0.15, 0.2) is 0 Å². The van der Waals surface area contributed by atoms with E-state index in [0.29, 0.717) is 11.6 Å². The van der Waals surface area contributed by atoms with Crippen LogP contribution < -0.4 is 11.3 Å². The maximum absolute atomic E-state index is 11.9. The molecule has 0 aromatic carbocycles. The zero-order valence-corrected chi connectivity index (χ0v) is 9.96. The Hall–Kier alpha value is -1.19. The van der Waals surface area contributed by atoms with E-state index in [-0.39, 0.29) is 5.56 Å². The van der Waals surface area contributed by atoms with Crippen LogP contribution in [-0.4, -0.2) is 9.78 Å². The van der Waals surface area contributed by atoms with Gasteiger partial charge >= 0.3 is 0 Å². The number of hydrogen-bond donors (Lipinski definition) is 2. The molecule has 1 aliphatic rings. The molecular weight excluding hydrogens is 202 g/mol.